The van der Waals surface area contributed by atoms with E-state index in [0.717, 1.165) is 6.54 Å². The van der Waals surface area contributed by atoms with Gasteiger partial charge in [-0.2, -0.15) is 8.84 Å². The molecule has 1 saturated heterocycles. The van der Waals surface area contributed by atoms with Crippen LogP contribution < -0.4 is 5.43 Å². The highest BCUT2D eigenvalue weighted by atomic mass is 35.5. The van der Waals surface area contributed by atoms with Crippen molar-refractivity contribution in [1.82, 2.24) is 19.3 Å². The minimum atomic E-state index is 0.565. The van der Waals surface area contributed by atoms with E-state index in [4.69, 9.17) is 23.6 Å². The van der Waals surface area contributed by atoms with E-state index >= 15 is 0 Å². The molecular weight excluding hydrogens is 199 g/mol. The fourth-order valence-corrected chi connectivity index (χ4v) is 1.54. The Kier molecular flexibility index (Phi) is 4.28. The zero-order valence-electron chi connectivity index (χ0n) is 6.71. The zero-order chi connectivity index (χ0) is 8.97. The van der Waals surface area contributed by atoms with E-state index in [0.29, 0.717) is 20.0 Å². The molecule has 1 aliphatic rings. The SMILES string of the molecule is C=CCNN1CN(Cl)CN(Cl)C1. The molecule has 4 nitrogen and oxygen atoms in total. The lowest BCUT2D eigenvalue weighted by Crippen LogP contribution is -2.53. The highest BCUT2D eigenvalue weighted by molar-refractivity contribution is 6.15. The van der Waals surface area contributed by atoms with Crippen molar-refractivity contribution in [2.24, 2.45) is 0 Å². The third kappa shape index (κ3) is 3.26. The van der Waals surface area contributed by atoms with Crippen LogP contribution >= 0.6 is 23.6 Å². The number of halogens is 2. The maximum Gasteiger partial charge on any atom is 0.0828 e. The van der Waals surface area contributed by atoms with Crippen LogP contribution in [-0.4, -0.2) is 40.4 Å². The summed E-state index contributed by atoms with van der Waals surface area (Å²) in [6.45, 7) is 6.19. The Bertz CT molecular complexity index is 144. The third-order valence-corrected chi connectivity index (χ3v) is 1.84. The molecule has 70 valence electrons. The molecule has 0 bridgehead atoms. The van der Waals surface area contributed by atoms with Crippen LogP contribution in [0.15, 0.2) is 12.7 Å². The molecule has 0 aromatic heterocycles. The van der Waals surface area contributed by atoms with Gasteiger partial charge in [0.25, 0.3) is 0 Å². The number of nitrogens with zero attached hydrogens (tertiary/aromatic N) is 3. The van der Waals surface area contributed by atoms with Gasteiger partial charge in [-0.1, -0.05) is 6.08 Å². The molecule has 1 aliphatic heterocycles. The van der Waals surface area contributed by atoms with Crippen molar-refractivity contribution in [3.8, 4) is 0 Å². The number of hydrogen-bond acceptors (Lipinski definition) is 4. The minimum absolute atomic E-state index is 0.565. The maximum absolute atomic E-state index is 5.78. The van der Waals surface area contributed by atoms with Crippen molar-refractivity contribution >= 4 is 23.6 Å². The average Bonchev–Trinajstić information content (AvgIpc) is 1.99. The summed E-state index contributed by atoms with van der Waals surface area (Å²) >= 11 is 11.6. The molecule has 0 aliphatic carbocycles. The topological polar surface area (TPSA) is 21.8 Å². The van der Waals surface area contributed by atoms with Crippen LogP contribution in [0.5, 0.6) is 0 Å². The van der Waals surface area contributed by atoms with Gasteiger partial charge < -0.3 is 0 Å². The fraction of sp³-hybridized carbons (Fsp3) is 0.667. The van der Waals surface area contributed by atoms with Crippen LogP contribution in [0.2, 0.25) is 0 Å². The second kappa shape index (κ2) is 5.01. The quantitative estimate of drug-likeness (QED) is 0.550. The van der Waals surface area contributed by atoms with E-state index in [1.54, 1.807) is 14.9 Å². The first-order chi connectivity index (χ1) is 5.72. The molecule has 0 aromatic carbocycles. The van der Waals surface area contributed by atoms with Crippen LogP contribution in [-0.2, 0) is 0 Å². The molecule has 1 fully saturated rings. The Morgan fingerprint density at radius 2 is 1.83 bits per heavy atom. The van der Waals surface area contributed by atoms with Crippen molar-refractivity contribution in [3.05, 3.63) is 12.7 Å². The molecular formula is C6H12Cl2N4. The summed E-state index contributed by atoms with van der Waals surface area (Å²) < 4.78 is 3.18. The van der Waals surface area contributed by atoms with E-state index < -0.39 is 0 Å². The summed E-state index contributed by atoms with van der Waals surface area (Å²) in [4.78, 5) is 0. The van der Waals surface area contributed by atoms with Crippen molar-refractivity contribution in [1.29, 1.82) is 0 Å². The number of hydrogen-bond donors (Lipinski definition) is 1. The lowest BCUT2D eigenvalue weighted by Gasteiger charge is -2.35. The Balaban J connectivity index is 2.28. The van der Waals surface area contributed by atoms with Crippen molar-refractivity contribution in [2.75, 3.05) is 26.6 Å². The van der Waals surface area contributed by atoms with Crippen LogP contribution in [0.1, 0.15) is 0 Å². The van der Waals surface area contributed by atoms with Crippen LogP contribution in [0.3, 0.4) is 0 Å². The maximum atomic E-state index is 5.78. The predicted molar refractivity (Wildman–Crippen MR) is 50.0 cm³/mol. The largest absolute Gasteiger partial charge is 0.249 e. The summed E-state index contributed by atoms with van der Waals surface area (Å²) in [7, 11) is 0. The van der Waals surface area contributed by atoms with Gasteiger partial charge in [-0.05, 0) is 23.6 Å². The Labute approximate surface area is 82.5 Å². The molecule has 1 heterocycles. The molecule has 0 aromatic rings. The normalized spacial score (nSPS) is 22.8. The Hall–Kier alpha value is 0.160. The van der Waals surface area contributed by atoms with Crippen molar-refractivity contribution in [2.45, 2.75) is 0 Å². The molecule has 12 heavy (non-hydrogen) atoms. The number of nitrogens with one attached hydrogen (secondary N) is 1. The summed E-state index contributed by atoms with van der Waals surface area (Å²) in [5.74, 6) is 0. The summed E-state index contributed by atoms with van der Waals surface area (Å²) in [6.07, 6.45) is 1.78. The van der Waals surface area contributed by atoms with Gasteiger partial charge in [-0.3, -0.25) is 0 Å². The predicted octanol–water partition coefficient (Wildman–Crippen LogP) is 0.777. The molecule has 0 spiro atoms. The van der Waals surface area contributed by atoms with Crippen LogP contribution in [0.4, 0.5) is 0 Å². The Morgan fingerprint density at radius 3 is 2.33 bits per heavy atom. The van der Waals surface area contributed by atoms with Gasteiger partial charge >= 0.3 is 0 Å². The van der Waals surface area contributed by atoms with Gasteiger partial charge in [-0.15, -0.1) is 6.58 Å². The van der Waals surface area contributed by atoms with Crippen LogP contribution in [0.25, 0.3) is 0 Å². The average molecular weight is 211 g/mol. The molecule has 0 unspecified atom stereocenters. The molecule has 0 amide bonds. The lowest BCUT2D eigenvalue weighted by atomic mass is 10.6. The van der Waals surface area contributed by atoms with E-state index in [1.165, 1.54) is 0 Å². The first kappa shape index (κ1) is 10.2. The summed E-state index contributed by atoms with van der Waals surface area (Å²) in [5.41, 5.74) is 3.10. The minimum Gasteiger partial charge on any atom is -0.249 e. The monoisotopic (exact) mass is 210 g/mol. The first-order valence-electron chi connectivity index (χ1n) is 3.63. The van der Waals surface area contributed by atoms with Crippen molar-refractivity contribution in [3.63, 3.8) is 0 Å². The van der Waals surface area contributed by atoms with Gasteiger partial charge in [-0.25, -0.2) is 10.4 Å². The molecule has 1 N–H and O–H groups in total. The molecule has 1 rings (SSSR count). The first-order valence-corrected chi connectivity index (χ1v) is 4.31. The molecule has 6 heteroatoms. The smallest absolute Gasteiger partial charge is 0.0828 e. The second-order valence-corrected chi connectivity index (χ2v) is 3.50. The summed E-state index contributed by atoms with van der Waals surface area (Å²) in [6, 6.07) is 0. The Morgan fingerprint density at radius 1 is 1.25 bits per heavy atom. The zero-order valence-corrected chi connectivity index (χ0v) is 8.22. The van der Waals surface area contributed by atoms with E-state index in [2.05, 4.69) is 12.0 Å². The van der Waals surface area contributed by atoms with Crippen LogP contribution in [0, 0.1) is 0 Å². The van der Waals surface area contributed by atoms with E-state index in [1.807, 2.05) is 5.01 Å². The van der Waals surface area contributed by atoms with Gasteiger partial charge in [0.05, 0.1) is 20.0 Å². The van der Waals surface area contributed by atoms with Gasteiger partial charge in [0.2, 0.25) is 0 Å². The standard InChI is InChI=1S/C6H12Cl2N4/c1-2-3-9-12-5-10(7)4-11(8)6-12/h2,9H,1,3-6H2. The number of rotatable bonds is 3. The van der Waals surface area contributed by atoms with Crippen molar-refractivity contribution < 1.29 is 0 Å². The molecule has 0 atom stereocenters. The molecule has 0 radical (unpaired) electrons. The van der Waals surface area contributed by atoms with Gasteiger partial charge in [0.1, 0.15) is 0 Å². The third-order valence-electron chi connectivity index (χ3n) is 1.41. The molecule has 0 saturated carbocycles. The van der Waals surface area contributed by atoms with E-state index in [-0.39, 0.29) is 0 Å². The fourth-order valence-electron chi connectivity index (χ4n) is 0.965. The highest BCUT2D eigenvalue weighted by Gasteiger charge is 2.19. The van der Waals surface area contributed by atoms with E-state index in [9.17, 15) is 0 Å². The second-order valence-electron chi connectivity index (χ2n) is 2.54. The number of hydrazine groups is 1. The highest BCUT2D eigenvalue weighted by Crippen LogP contribution is 2.08. The summed E-state index contributed by atoms with van der Waals surface area (Å²) in [5, 5.41) is 1.91. The van der Waals surface area contributed by atoms with Gasteiger partial charge in [0.15, 0.2) is 0 Å². The van der Waals surface area contributed by atoms with Gasteiger partial charge in [0, 0.05) is 6.54 Å². The lowest BCUT2D eigenvalue weighted by molar-refractivity contribution is 0.0291.